The van der Waals surface area contributed by atoms with Crippen LogP contribution in [0.4, 0.5) is 0 Å². The molecule has 0 spiro atoms. The van der Waals surface area contributed by atoms with E-state index in [1.54, 1.807) is 11.0 Å². The second-order valence-electron chi connectivity index (χ2n) is 5.43. The maximum absolute atomic E-state index is 12.3. The molecule has 1 aromatic heterocycles. The van der Waals surface area contributed by atoms with E-state index in [0.717, 1.165) is 17.5 Å². The molecule has 1 amide bonds. The number of carbonyl (C=O) groups excluding carboxylic acids is 1. The van der Waals surface area contributed by atoms with Crippen molar-refractivity contribution in [2.75, 3.05) is 6.54 Å². The van der Waals surface area contributed by atoms with Gasteiger partial charge in [0.2, 0.25) is 0 Å². The number of rotatable bonds is 6. The number of aromatic nitrogens is 3. The lowest BCUT2D eigenvalue weighted by Gasteiger charge is -2.07. The third-order valence-electron chi connectivity index (χ3n) is 3.61. The third kappa shape index (κ3) is 4.43. The van der Waals surface area contributed by atoms with Crippen molar-refractivity contribution in [1.29, 1.82) is 0 Å². The molecule has 3 rings (SSSR count). The predicted molar refractivity (Wildman–Crippen MR) is 93.1 cm³/mol. The maximum Gasteiger partial charge on any atom is 0.251 e. The van der Waals surface area contributed by atoms with E-state index >= 15 is 0 Å². The molecule has 24 heavy (non-hydrogen) atoms. The molecule has 0 saturated heterocycles. The Balaban J connectivity index is 1.55. The number of amides is 1. The number of hydrogen-bond donors (Lipinski definition) is 1. The topological polar surface area (TPSA) is 59.8 Å². The van der Waals surface area contributed by atoms with Gasteiger partial charge in [-0.25, -0.2) is 9.67 Å². The van der Waals surface area contributed by atoms with Crippen LogP contribution in [0.25, 0.3) is 0 Å². The van der Waals surface area contributed by atoms with Crippen LogP contribution in [0.5, 0.6) is 0 Å². The summed E-state index contributed by atoms with van der Waals surface area (Å²) in [5.41, 5.74) is 2.79. The van der Waals surface area contributed by atoms with Crippen molar-refractivity contribution in [2.24, 2.45) is 0 Å². The van der Waals surface area contributed by atoms with Gasteiger partial charge in [-0.05, 0) is 41.8 Å². The number of halogens is 1. The Morgan fingerprint density at radius 3 is 2.71 bits per heavy atom. The molecule has 0 unspecified atom stereocenters. The lowest BCUT2D eigenvalue weighted by Crippen LogP contribution is -2.25. The van der Waals surface area contributed by atoms with E-state index in [-0.39, 0.29) is 5.91 Å². The molecule has 2 aromatic carbocycles. The largest absolute Gasteiger partial charge is 0.352 e. The molecular formula is C18H17ClN4O. The van der Waals surface area contributed by atoms with Crippen LogP contribution in [0.1, 0.15) is 21.5 Å². The Morgan fingerprint density at radius 1 is 1.12 bits per heavy atom. The zero-order valence-corrected chi connectivity index (χ0v) is 13.8. The number of nitrogens with zero attached hydrogens (tertiary/aromatic N) is 3. The first-order chi connectivity index (χ1) is 11.7. The lowest BCUT2D eigenvalue weighted by molar-refractivity contribution is 0.0954. The van der Waals surface area contributed by atoms with E-state index in [0.29, 0.717) is 23.7 Å². The quantitative estimate of drug-likeness (QED) is 0.750. The minimum atomic E-state index is -0.0793. The fourth-order valence-electron chi connectivity index (χ4n) is 2.39. The summed E-state index contributed by atoms with van der Waals surface area (Å²) < 4.78 is 1.72. The molecule has 0 atom stereocenters. The van der Waals surface area contributed by atoms with Crippen LogP contribution in [0, 0.1) is 0 Å². The molecule has 1 heterocycles. The summed E-state index contributed by atoms with van der Waals surface area (Å²) in [6.45, 7) is 1.17. The van der Waals surface area contributed by atoms with Gasteiger partial charge in [-0.2, -0.15) is 5.10 Å². The SMILES string of the molecule is O=C(NCCc1ccc(Cl)cc1)c1cccc(Cn2cncn2)c1. The number of benzene rings is 2. The van der Waals surface area contributed by atoms with Crippen LogP contribution in [-0.4, -0.2) is 27.2 Å². The molecule has 0 bridgehead atoms. The molecule has 5 nitrogen and oxygen atoms in total. The van der Waals surface area contributed by atoms with Crippen LogP contribution in [0.2, 0.25) is 5.02 Å². The fourth-order valence-corrected chi connectivity index (χ4v) is 2.51. The van der Waals surface area contributed by atoms with Crippen molar-refractivity contribution in [1.82, 2.24) is 20.1 Å². The standard InChI is InChI=1S/C18H17ClN4O/c19-17-6-4-14(5-7-17)8-9-21-18(24)16-3-1-2-15(10-16)11-23-13-20-12-22-23/h1-7,10,12-13H,8-9,11H2,(H,21,24). The highest BCUT2D eigenvalue weighted by molar-refractivity contribution is 6.30. The number of carbonyl (C=O) groups is 1. The van der Waals surface area contributed by atoms with Crippen molar-refractivity contribution < 1.29 is 4.79 Å². The molecular weight excluding hydrogens is 324 g/mol. The molecule has 6 heteroatoms. The highest BCUT2D eigenvalue weighted by Gasteiger charge is 2.06. The number of nitrogens with one attached hydrogen (secondary N) is 1. The van der Waals surface area contributed by atoms with Gasteiger partial charge < -0.3 is 5.32 Å². The van der Waals surface area contributed by atoms with Crippen molar-refractivity contribution in [3.63, 3.8) is 0 Å². The Labute approximate surface area is 145 Å². The first-order valence-corrected chi connectivity index (χ1v) is 8.02. The van der Waals surface area contributed by atoms with Gasteiger partial charge in [-0.1, -0.05) is 35.9 Å². The van der Waals surface area contributed by atoms with Crippen molar-refractivity contribution >= 4 is 17.5 Å². The highest BCUT2D eigenvalue weighted by Crippen LogP contribution is 2.10. The van der Waals surface area contributed by atoms with E-state index in [1.807, 2.05) is 48.5 Å². The van der Waals surface area contributed by atoms with Crippen molar-refractivity contribution in [3.05, 3.63) is 82.9 Å². The smallest absolute Gasteiger partial charge is 0.251 e. The second-order valence-corrected chi connectivity index (χ2v) is 5.86. The zero-order valence-electron chi connectivity index (χ0n) is 13.0. The molecule has 0 aliphatic rings. The zero-order chi connectivity index (χ0) is 16.8. The van der Waals surface area contributed by atoms with E-state index in [1.165, 1.54) is 6.33 Å². The summed E-state index contributed by atoms with van der Waals surface area (Å²) in [7, 11) is 0. The summed E-state index contributed by atoms with van der Waals surface area (Å²) in [4.78, 5) is 16.2. The fraction of sp³-hybridized carbons (Fsp3) is 0.167. The Bertz CT molecular complexity index is 800. The molecule has 0 aliphatic heterocycles. The molecule has 3 aromatic rings. The summed E-state index contributed by atoms with van der Waals surface area (Å²) in [6.07, 6.45) is 3.91. The summed E-state index contributed by atoms with van der Waals surface area (Å²) in [5.74, 6) is -0.0793. The van der Waals surface area contributed by atoms with E-state index in [2.05, 4.69) is 15.4 Å². The van der Waals surface area contributed by atoms with E-state index in [4.69, 9.17) is 11.6 Å². The van der Waals surface area contributed by atoms with Gasteiger partial charge in [0.1, 0.15) is 12.7 Å². The minimum absolute atomic E-state index is 0.0793. The Kier molecular flexibility index (Phi) is 5.23. The third-order valence-corrected chi connectivity index (χ3v) is 3.86. The maximum atomic E-state index is 12.3. The van der Waals surface area contributed by atoms with Crippen LogP contribution in [0.15, 0.2) is 61.2 Å². The van der Waals surface area contributed by atoms with Crippen LogP contribution < -0.4 is 5.32 Å². The van der Waals surface area contributed by atoms with Gasteiger partial charge in [0.05, 0.1) is 6.54 Å². The molecule has 122 valence electrons. The molecule has 1 N–H and O–H groups in total. The summed E-state index contributed by atoms with van der Waals surface area (Å²) in [6, 6.07) is 15.2. The Hall–Kier alpha value is -2.66. The number of hydrogen-bond acceptors (Lipinski definition) is 3. The lowest BCUT2D eigenvalue weighted by atomic mass is 10.1. The van der Waals surface area contributed by atoms with Gasteiger partial charge in [0, 0.05) is 17.1 Å². The van der Waals surface area contributed by atoms with Gasteiger partial charge in [0.15, 0.2) is 0 Å². The van der Waals surface area contributed by atoms with Crippen LogP contribution >= 0.6 is 11.6 Å². The van der Waals surface area contributed by atoms with Gasteiger partial charge in [-0.15, -0.1) is 0 Å². The second kappa shape index (κ2) is 7.75. The first-order valence-electron chi connectivity index (χ1n) is 7.65. The molecule has 0 fully saturated rings. The van der Waals surface area contributed by atoms with Gasteiger partial charge in [0.25, 0.3) is 5.91 Å². The monoisotopic (exact) mass is 340 g/mol. The average molecular weight is 341 g/mol. The van der Waals surface area contributed by atoms with Crippen LogP contribution in [-0.2, 0) is 13.0 Å². The molecule has 0 aliphatic carbocycles. The van der Waals surface area contributed by atoms with E-state index in [9.17, 15) is 4.79 Å². The summed E-state index contributed by atoms with van der Waals surface area (Å²) >= 11 is 5.86. The minimum Gasteiger partial charge on any atom is -0.352 e. The van der Waals surface area contributed by atoms with Crippen molar-refractivity contribution in [3.8, 4) is 0 Å². The average Bonchev–Trinajstić information content (AvgIpc) is 3.10. The van der Waals surface area contributed by atoms with Gasteiger partial charge in [-0.3, -0.25) is 4.79 Å². The molecule has 0 saturated carbocycles. The highest BCUT2D eigenvalue weighted by atomic mass is 35.5. The Morgan fingerprint density at radius 2 is 1.96 bits per heavy atom. The predicted octanol–water partition coefficient (Wildman–Crippen LogP) is 2.95. The van der Waals surface area contributed by atoms with Gasteiger partial charge >= 0.3 is 0 Å². The normalized spacial score (nSPS) is 10.5. The van der Waals surface area contributed by atoms with E-state index < -0.39 is 0 Å². The molecule has 0 radical (unpaired) electrons. The van der Waals surface area contributed by atoms with Crippen molar-refractivity contribution in [2.45, 2.75) is 13.0 Å². The van der Waals surface area contributed by atoms with Crippen LogP contribution in [0.3, 0.4) is 0 Å². The first kappa shape index (κ1) is 16.2. The summed E-state index contributed by atoms with van der Waals surface area (Å²) in [5, 5.41) is 7.73.